The summed E-state index contributed by atoms with van der Waals surface area (Å²) in [6, 6.07) is 25.5. The van der Waals surface area contributed by atoms with Crippen LogP contribution in [0.15, 0.2) is 115 Å². The summed E-state index contributed by atoms with van der Waals surface area (Å²) in [6.45, 7) is 5.69. The number of hydrogen-bond acceptors (Lipinski definition) is 5. The molecule has 0 fully saturated rings. The van der Waals surface area contributed by atoms with E-state index in [2.05, 4.69) is 37.1 Å². The monoisotopic (exact) mass is 552 g/mol. The fourth-order valence-corrected chi connectivity index (χ4v) is 4.93. The lowest BCUT2D eigenvalue weighted by atomic mass is 10.0. The predicted octanol–water partition coefficient (Wildman–Crippen LogP) is 7.33. The number of aliphatic imine (C=N–C) groups is 1. The molecule has 7 nitrogen and oxygen atoms in total. The van der Waals surface area contributed by atoms with Gasteiger partial charge in [0, 0.05) is 45.7 Å². The summed E-state index contributed by atoms with van der Waals surface area (Å²) in [7, 11) is 0. The van der Waals surface area contributed by atoms with Crippen molar-refractivity contribution in [3.63, 3.8) is 0 Å². The van der Waals surface area contributed by atoms with Gasteiger partial charge in [-0.2, -0.15) is 5.10 Å². The summed E-state index contributed by atoms with van der Waals surface area (Å²) >= 11 is 0. The van der Waals surface area contributed by atoms with Gasteiger partial charge in [-0.3, -0.25) is 15.1 Å². The molecule has 0 aliphatic rings. The Labute approximate surface area is 241 Å². The largest absolute Gasteiger partial charge is 0.357 e. The van der Waals surface area contributed by atoms with Gasteiger partial charge in [-0.15, -0.1) is 0 Å². The quantitative estimate of drug-likeness (QED) is 0.136. The number of aryl methyl sites for hydroxylation is 1. The van der Waals surface area contributed by atoms with Crippen molar-refractivity contribution in [2.24, 2.45) is 4.99 Å². The van der Waals surface area contributed by atoms with E-state index in [4.69, 9.17) is 0 Å². The molecule has 6 rings (SSSR count). The van der Waals surface area contributed by atoms with Crippen LogP contribution in [0.5, 0.6) is 0 Å². The van der Waals surface area contributed by atoms with Crippen molar-refractivity contribution in [1.82, 2.24) is 20.2 Å². The molecular weight excluding hydrogens is 527 g/mol. The van der Waals surface area contributed by atoms with Gasteiger partial charge in [-0.05, 0) is 48.9 Å². The number of carbonyl (C=O) groups excluding carboxylic acids is 1. The van der Waals surface area contributed by atoms with Crippen molar-refractivity contribution in [2.75, 3.05) is 5.32 Å². The van der Waals surface area contributed by atoms with E-state index in [1.54, 1.807) is 18.5 Å². The number of rotatable bonds is 8. The summed E-state index contributed by atoms with van der Waals surface area (Å²) in [6.07, 6.45) is 4.88. The minimum Gasteiger partial charge on any atom is -0.357 e. The fourth-order valence-electron chi connectivity index (χ4n) is 4.93. The molecule has 42 heavy (non-hydrogen) atoms. The summed E-state index contributed by atoms with van der Waals surface area (Å²) in [5.41, 5.74) is 8.86. The third-order valence-electron chi connectivity index (χ3n) is 6.91. The van der Waals surface area contributed by atoms with E-state index in [9.17, 15) is 9.18 Å². The number of halogens is 1. The van der Waals surface area contributed by atoms with Crippen LogP contribution in [-0.4, -0.2) is 31.8 Å². The maximum absolute atomic E-state index is 14.0. The third kappa shape index (κ3) is 5.18. The zero-order valence-corrected chi connectivity index (χ0v) is 22.6. The van der Waals surface area contributed by atoms with Crippen LogP contribution in [0, 0.1) is 12.7 Å². The van der Waals surface area contributed by atoms with Gasteiger partial charge in [0.25, 0.3) is 0 Å². The fraction of sp³-hybridized carbons (Fsp3) is 0.0294. The highest BCUT2D eigenvalue weighted by atomic mass is 19.1. The highest BCUT2D eigenvalue weighted by Crippen LogP contribution is 2.32. The summed E-state index contributed by atoms with van der Waals surface area (Å²) in [5, 5.41) is 11.8. The lowest BCUT2D eigenvalue weighted by Crippen LogP contribution is -2.04. The standard InChI is InChI=1S/C34H25FN6O/c1-3-37-33(24-10-7-11-26(35)14-24)28-17-31(38-21(28)2)34-29-16-23(12-13-30(29)40-41-34)25-15-27(19-36-18-25)39-32(20-42)22-8-5-4-6-9-22/h3-19,38-39H,1H2,2H3,(H,40,41). The molecular formula is C34H25FN6O. The molecule has 0 saturated heterocycles. The molecule has 3 heterocycles. The molecule has 0 bridgehead atoms. The second-order valence-electron chi connectivity index (χ2n) is 9.66. The molecule has 0 radical (unpaired) electrons. The molecule has 0 unspecified atom stereocenters. The van der Waals surface area contributed by atoms with Gasteiger partial charge >= 0.3 is 0 Å². The Bertz CT molecular complexity index is 2010. The first kappa shape index (κ1) is 26.4. The van der Waals surface area contributed by atoms with Gasteiger partial charge < -0.3 is 10.3 Å². The normalized spacial score (nSPS) is 11.3. The predicted molar refractivity (Wildman–Crippen MR) is 165 cm³/mol. The molecule has 0 atom stereocenters. The molecule has 0 amide bonds. The van der Waals surface area contributed by atoms with Gasteiger partial charge in [0.1, 0.15) is 17.2 Å². The molecule has 0 saturated carbocycles. The van der Waals surface area contributed by atoms with Crippen LogP contribution < -0.4 is 5.32 Å². The Morgan fingerprint density at radius 2 is 1.81 bits per heavy atom. The second-order valence-corrected chi connectivity index (χ2v) is 9.66. The SMILES string of the molecule is C=CN=C(c1cccc(F)c1)c1cc(-c2n[nH]c3ccc(-c4cncc(NC(=C=O)c5ccccc5)c4)cc23)[nH]c1C. The van der Waals surface area contributed by atoms with E-state index in [0.29, 0.717) is 22.7 Å². The van der Waals surface area contributed by atoms with Gasteiger partial charge in [-0.25, -0.2) is 9.18 Å². The number of nitrogens with zero attached hydrogens (tertiary/aromatic N) is 3. The Hall–Kier alpha value is -5.85. The molecule has 3 aromatic heterocycles. The zero-order chi connectivity index (χ0) is 29.1. The van der Waals surface area contributed by atoms with Crippen molar-refractivity contribution in [3.8, 4) is 22.5 Å². The van der Waals surface area contributed by atoms with E-state index in [1.807, 2.05) is 79.6 Å². The van der Waals surface area contributed by atoms with E-state index in [0.717, 1.165) is 50.2 Å². The first-order valence-corrected chi connectivity index (χ1v) is 13.2. The average Bonchev–Trinajstić information content (AvgIpc) is 3.62. The number of H-pyrrole nitrogens is 2. The van der Waals surface area contributed by atoms with Crippen molar-refractivity contribution in [3.05, 3.63) is 138 Å². The van der Waals surface area contributed by atoms with Crippen molar-refractivity contribution in [2.45, 2.75) is 6.92 Å². The van der Waals surface area contributed by atoms with Crippen molar-refractivity contribution < 1.29 is 9.18 Å². The van der Waals surface area contributed by atoms with Crippen LogP contribution in [0.2, 0.25) is 0 Å². The number of benzene rings is 3. The second kappa shape index (κ2) is 11.3. The Balaban J connectivity index is 1.35. The van der Waals surface area contributed by atoms with E-state index >= 15 is 0 Å². The molecule has 0 spiro atoms. The van der Waals surface area contributed by atoms with Gasteiger partial charge in [0.05, 0.1) is 28.8 Å². The third-order valence-corrected chi connectivity index (χ3v) is 6.91. The summed E-state index contributed by atoms with van der Waals surface area (Å²) in [4.78, 5) is 23.9. The summed E-state index contributed by atoms with van der Waals surface area (Å²) < 4.78 is 14.0. The maximum atomic E-state index is 14.0. The minimum absolute atomic E-state index is 0.331. The highest BCUT2D eigenvalue weighted by Gasteiger charge is 2.18. The van der Waals surface area contributed by atoms with Gasteiger partial charge in [0.2, 0.25) is 0 Å². The summed E-state index contributed by atoms with van der Waals surface area (Å²) in [5.74, 6) is 1.65. The first-order chi connectivity index (χ1) is 20.5. The highest BCUT2D eigenvalue weighted by molar-refractivity contribution is 6.14. The average molecular weight is 553 g/mol. The van der Waals surface area contributed by atoms with Gasteiger partial charge in [0.15, 0.2) is 5.94 Å². The van der Waals surface area contributed by atoms with Crippen LogP contribution in [0.1, 0.15) is 22.4 Å². The van der Waals surface area contributed by atoms with Gasteiger partial charge in [-0.1, -0.05) is 55.1 Å². The van der Waals surface area contributed by atoms with E-state index in [1.165, 1.54) is 18.3 Å². The number of hydrogen-bond donors (Lipinski definition) is 3. The maximum Gasteiger partial charge on any atom is 0.151 e. The van der Waals surface area contributed by atoms with Crippen LogP contribution in [-0.2, 0) is 4.79 Å². The molecule has 204 valence electrons. The molecule has 3 N–H and O–H groups in total. The Morgan fingerprint density at radius 3 is 2.60 bits per heavy atom. The smallest absolute Gasteiger partial charge is 0.151 e. The zero-order valence-electron chi connectivity index (χ0n) is 22.6. The number of nitrogens with one attached hydrogen (secondary N) is 3. The number of fused-ring (bicyclic) bond motifs is 1. The van der Waals surface area contributed by atoms with Crippen LogP contribution in [0.3, 0.4) is 0 Å². The lowest BCUT2D eigenvalue weighted by Gasteiger charge is -2.09. The number of aromatic nitrogens is 4. The molecule has 6 aromatic rings. The lowest BCUT2D eigenvalue weighted by molar-refractivity contribution is 0.569. The minimum atomic E-state index is -0.337. The van der Waals surface area contributed by atoms with Crippen molar-refractivity contribution in [1.29, 1.82) is 0 Å². The van der Waals surface area contributed by atoms with Crippen LogP contribution in [0.25, 0.3) is 39.1 Å². The Kier molecular flexibility index (Phi) is 7.12. The van der Waals surface area contributed by atoms with Crippen LogP contribution >= 0.6 is 0 Å². The number of aromatic amines is 2. The Morgan fingerprint density at radius 1 is 0.976 bits per heavy atom. The van der Waals surface area contributed by atoms with E-state index < -0.39 is 0 Å². The van der Waals surface area contributed by atoms with E-state index in [-0.39, 0.29) is 5.82 Å². The molecule has 0 aliphatic carbocycles. The number of anilines is 1. The van der Waals surface area contributed by atoms with Crippen LogP contribution in [0.4, 0.5) is 10.1 Å². The first-order valence-electron chi connectivity index (χ1n) is 13.2. The van der Waals surface area contributed by atoms with Crippen molar-refractivity contribution >= 4 is 33.9 Å². The molecule has 0 aliphatic heterocycles. The molecule has 3 aromatic carbocycles. The number of pyridine rings is 1. The topological polar surface area (TPSA) is 98.8 Å². The molecule has 8 heteroatoms.